The minimum Gasteiger partial charge on any atom is -0.508 e. The number of hydrogen-bond acceptors (Lipinski definition) is 2. The Kier molecular flexibility index (Phi) is 1.93. The maximum atomic E-state index is 11.0. The molecule has 4 heteroatoms. The van der Waals surface area contributed by atoms with Crippen molar-refractivity contribution in [1.29, 1.82) is 0 Å². The molecule has 0 aliphatic rings. The molecule has 4 nitrogen and oxygen atoms in total. The van der Waals surface area contributed by atoms with Crippen LogP contribution >= 0.6 is 0 Å². The van der Waals surface area contributed by atoms with Crippen molar-refractivity contribution >= 4 is 16.9 Å². The normalized spacial score (nSPS) is 10.8. The molecule has 1 heterocycles. The van der Waals surface area contributed by atoms with E-state index in [0.29, 0.717) is 11.1 Å². The molecule has 0 amide bonds. The molecule has 0 spiro atoms. The van der Waals surface area contributed by atoms with Crippen LogP contribution in [0.4, 0.5) is 0 Å². The second-order valence-corrected chi connectivity index (χ2v) is 3.61. The zero-order valence-corrected chi connectivity index (χ0v) is 8.46. The number of nitrogens with one attached hydrogen (secondary N) is 1. The van der Waals surface area contributed by atoms with Crippen molar-refractivity contribution in [2.75, 3.05) is 0 Å². The van der Waals surface area contributed by atoms with E-state index in [1.165, 1.54) is 6.07 Å². The minimum absolute atomic E-state index is 0.115. The molecular weight excluding hydrogens is 194 g/mol. The van der Waals surface area contributed by atoms with Crippen LogP contribution in [-0.2, 0) is 0 Å². The summed E-state index contributed by atoms with van der Waals surface area (Å²) in [5.41, 5.74) is 2.28. The first-order valence-corrected chi connectivity index (χ1v) is 4.56. The number of aromatic carboxylic acids is 1. The molecule has 78 valence electrons. The van der Waals surface area contributed by atoms with E-state index in [0.717, 1.165) is 11.1 Å². The smallest absolute Gasteiger partial charge is 0.338 e. The van der Waals surface area contributed by atoms with E-state index in [2.05, 4.69) is 4.98 Å². The van der Waals surface area contributed by atoms with Crippen molar-refractivity contribution < 1.29 is 15.0 Å². The molecular formula is C11H11NO3. The first-order chi connectivity index (χ1) is 7.00. The molecule has 0 aliphatic carbocycles. The van der Waals surface area contributed by atoms with Gasteiger partial charge in [0.15, 0.2) is 0 Å². The Morgan fingerprint density at radius 1 is 1.33 bits per heavy atom. The lowest BCUT2D eigenvalue weighted by atomic mass is 10.1. The van der Waals surface area contributed by atoms with Crippen molar-refractivity contribution in [2.45, 2.75) is 13.8 Å². The summed E-state index contributed by atoms with van der Waals surface area (Å²) in [6.45, 7) is 3.47. The third kappa shape index (κ3) is 1.34. The van der Waals surface area contributed by atoms with Crippen LogP contribution in [0.3, 0.4) is 0 Å². The van der Waals surface area contributed by atoms with E-state index in [1.54, 1.807) is 19.9 Å². The number of phenolic OH excluding ortho intramolecular Hbond substituents is 1. The Labute approximate surface area is 86.2 Å². The van der Waals surface area contributed by atoms with Crippen LogP contribution in [0, 0.1) is 13.8 Å². The van der Waals surface area contributed by atoms with Crippen molar-refractivity contribution in [3.8, 4) is 5.75 Å². The molecule has 1 aromatic heterocycles. The van der Waals surface area contributed by atoms with E-state index < -0.39 is 5.97 Å². The molecule has 0 atom stereocenters. The molecule has 2 rings (SSSR count). The predicted octanol–water partition coefficient (Wildman–Crippen LogP) is 2.19. The van der Waals surface area contributed by atoms with Gasteiger partial charge in [0.1, 0.15) is 5.75 Å². The molecule has 0 radical (unpaired) electrons. The number of carboxylic acid groups (broad SMARTS) is 1. The van der Waals surface area contributed by atoms with Gasteiger partial charge in [-0.1, -0.05) is 0 Å². The average molecular weight is 205 g/mol. The fraction of sp³-hybridized carbons (Fsp3) is 0.182. The highest BCUT2D eigenvalue weighted by Crippen LogP contribution is 2.28. The Balaban J connectivity index is 2.87. The summed E-state index contributed by atoms with van der Waals surface area (Å²) in [7, 11) is 0. The summed E-state index contributed by atoms with van der Waals surface area (Å²) in [6.07, 6.45) is 0. The number of aromatic nitrogens is 1. The van der Waals surface area contributed by atoms with E-state index in [4.69, 9.17) is 5.11 Å². The van der Waals surface area contributed by atoms with Gasteiger partial charge in [-0.05, 0) is 31.5 Å². The minimum atomic E-state index is -0.984. The van der Waals surface area contributed by atoms with Crippen LogP contribution in [0.25, 0.3) is 10.9 Å². The van der Waals surface area contributed by atoms with Crippen molar-refractivity contribution in [3.05, 3.63) is 29.0 Å². The number of carboxylic acids is 1. The zero-order chi connectivity index (χ0) is 11.2. The summed E-state index contributed by atoms with van der Waals surface area (Å²) in [6, 6.07) is 3.22. The van der Waals surface area contributed by atoms with Crippen molar-refractivity contribution in [1.82, 2.24) is 4.98 Å². The Bertz CT molecular complexity index is 554. The van der Waals surface area contributed by atoms with Crippen LogP contribution < -0.4 is 0 Å². The Morgan fingerprint density at radius 2 is 2.00 bits per heavy atom. The first-order valence-electron chi connectivity index (χ1n) is 4.56. The van der Waals surface area contributed by atoms with Gasteiger partial charge in [-0.15, -0.1) is 0 Å². The van der Waals surface area contributed by atoms with Crippen LogP contribution in [0.5, 0.6) is 5.75 Å². The van der Waals surface area contributed by atoms with Gasteiger partial charge in [0.25, 0.3) is 0 Å². The topological polar surface area (TPSA) is 73.3 Å². The van der Waals surface area contributed by atoms with Gasteiger partial charge in [-0.25, -0.2) is 4.79 Å². The summed E-state index contributed by atoms with van der Waals surface area (Å²) in [5, 5.41) is 19.1. The molecule has 0 saturated heterocycles. The second kappa shape index (κ2) is 3.02. The number of carbonyl (C=O) groups is 1. The number of rotatable bonds is 1. The third-order valence-corrected chi connectivity index (χ3v) is 2.52. The molecule has 0 saturated carbocycles. The summed E-state index contributed by atoms with van der Waals surface area (Å²) < 4.78 is 0. The van der Waals surface area contributed by atoms with Gasteiger partial charge in [-0.2, -0.15) is 0 Å². The summed E-state index contributed by atoms with van der Waals surface area (Å²) in [5.74, 6) is -0.869. The maximum Gasteiger partial charge on any atom is 0.338 e. The molecule has 0 bridgehead atoms. The molecule has 0 aliphatic heterocycles. The lowest BCUT2D eigenvalue weighted by Crippen LogP contribution is -1.96. The monoisotopic (exact) mass is 205 g/mol. The summed E-state index contributed by atoms with van der Waals surface area (Å²) >= 11 is 0. The SMILES string of the molecule is Cc1cc2[nH]c(C)c(C(=O)O)c2cc1O. The highest BCUT2D eigenvalue weighted by Gasteiger charge is 2.15. The van der Waals surface area contributed by atoms with Gasteiger partial charge in [0.05, 0.1) is 5.56 Å². The Hall–Kier alpha value is -1.97. The highest BCUT2D eigenvalue weighted by molar-refractivity contribution is 6.05. The molecule has 0 unspecified atom stereocenters. The maximum absolute atomic E-state index is 11.0. The van der Waals surface area contributed by atoms with E-state index >= 15 is 0 Å². The fourth-order valence-corrected chi connectivity index (χ4v) is 1.75. The standard InChI is InChI=1S/C11H11NO3/c1-5-3-8-7(4-9(5)13)10(11(14)15)6(2)12-8/h3-4,12-13H,1-2H3,(H,14,15). The molecule has 3 N–H and O–H groups in total. The number of phenols is 1. The van der Waals surface area contributed by atoms with E-state index in [9.17, 15) is 9.90 Å². The lowest BCUT2D eigenvalue weighted by Gasteiger charge is -1.99. The van der Waals surface area contributed by atoms with Gasteiger partial charge in [0.2, 0.25) is 0 Å². The van der Waals surface area contributed by atoms with Gasteiger partial charge >= 0.3 is 5.97 Å². The quantitative estimate of drug-likeness (QED) is 0.668. The Morgan fingerprint density at radius 3 is 2.60 bits per heavy atom. The summed E-state index contributed by atoms with van der Waals surface area (Å²) in [4.78, 5) is 14.0. The number of aromatic hydroxyl groups is 1. The van der Waals surface area contributed by atoms with Gasteiger partial charge in [-0.3, -0.25) is 0 Å². The van der Waals surface area contributed by atoms with Crippen LogP contribution in [0.2, 0.25) is 0 Å². The number of hydrogen-bond donors (Lipinski definition) is 3. The second-order valence-electron chi connectivity index (χ2n) is 3.61. The van der Waals surface area contributed by atoms with Crippen molar-refractivity contribution in [2.24, 2.45) is 0 Å². The fourth-order valence-electron chi connectivity index (χ4n) is 1.75. The van der Waals surface area contributed by atoms with E-state index in [1.807, 2.05) is 0 Å². The highest BCUT2D eigenvalue weighted by atomic mass is 16.4. The van der Waals surface area contributed by atoms with Crippen LogP contribution in [-0.4, -0.2) is 21.2 Å². The molecule has 0 fully saturated rings. The van der Waals surface area contributed by atoms with Gasteiger partial charge < -0.3 is 15.2 Å². The first kappa shape index (κ1) is 9.58. The van der Waals surface area contributed by atoms with Crippen molar-refractivity contribution in [3.63, 3.8) is 0 Å². The average Bonchev–Trinajstić information content (AvgIpc) is 2.41. The molecule has 1 aromatic carbocycles. The predicted molar refractivity (Wildman–Crippen MR) is 56.4 cm³/mol. The number of fused-ring (bicyclic) bond motifs is 1. The molecule has 2 aromatic rings. The molecule has 15 heavy (non-hydrogen) atoms. The largest absolute Gasteiger partial charge is 0.508 e. The number of aryl methyl sites for hydroxylation is 2. The van der Waals surface area contributed by atoms with Crippen LogP contribution in [0.1, 0.15) is 21.6 Å². The van der Waals surface area contributed by atoms with Crippen LogP contribution in [0.15, 0.2) is 12.1 Å². The number of benzene rings is 1. The zero-order valence-electron chi connectivity index (χ0n) is 8.46. The third-order valence-electron chi connectivity index (χ3n) is 2.52. The van der Waals surface area contributed by atoms with E-state index in [-0.39, 0.29) is 11.3 Å². The lowest BCUT2D eigenvalue weighted by molar-refractivity contribution is 0.0698. The van der Waals surface area contributed by atoms with Gasteiger partial charge in [0, 0.05) is 16.6 Å². The number of aromatic amines is 1. The number of H-pyrrole nitrogens is 1.